The highest BCUT2D eigenvalue weighted by Crippen LogP contribution is 2.36. The fraction of sp³-hybridized carbons (Fsp3) is 0.235. The molecule has 0 saturated heterocycles. The molecule has 26 heavy (non-hydrogen) atoms. The minimum absolute atomic E-state index is 0.134. The molecule has 3 N–H and O–H groups in total. The normalized spacial score (nSPS) is 15.0. The van der Waals surface area contributed by atoms with Crippen molar-refractivity contribution < 1.29 is 9.18 Å². The van der Waals surface area contributed by atoms with Crippen LogP contribution in [0.25, 0.3) is 10.7 Å². The van der Waals surface area contributed by atoms with Crippen molar-refractivity contribution in [3.8, 4) is 10.7 Å². The third kappa shape index (κ3) is 3.58. The molecule has 2 aromatic heterocycles. The summed E-state index contributed by atoms with van der Waals surface area (Å²) in [5.74, 6) is 6.21. The van der Waals surface area contributed by atoms with E-state index in [1.807, 2.05) is 17.5 Å². The van der Waals surface area contributed by atoms with E-state index in [0.717, 1.165) is 17.7 Å². The highest BCUT2D eigenvalue weighted by molar-refractivity contribution is 8.00. The number of carbonyl (C=O) groups excluding carboxylic acids is 1. The lowest BCUT2D eigenvalue weighted by Crippen LogP contribution is -2.30. The van der Waals surface area contributed by atoms with Crippen LogP contribution in [0.15, 0.2) is 46.9 Å². The third-order valence-electron chi connectivity index (χ3n) is 3.96. The van der Waals surface area contributed by atoms with Gasteiger partial charge in [0.1, 0.15) is 11.1 Å². The van der Waals surface area contributed by atoms with Gasteiger partial charge in [-0.2, -0.15) is 0 Å². The lowest BCUT2D eigenvalue weighted by Gasteiger charge is -2.16. The van der Waals surface area contributed by atoms with Crippen molar-refractivity contribution in [2.75, 3.05) is 5.84 Å². The van der Waals surface area contributed by atoms with Crippen LogP contribution in [0, 0.1) is 5.82 Å². The number of carbonyl (C=O) groups is 1. The smallest absolute Gasteiger partial charge is 0.238 e. The summed E-state index contributed by atoms with van der Waals surface area (Å²) < 4.78 is 14.7. The van der Waals surface area contributed by atoms with Crippen molar-refractivity contribution in [1.29, 1.82) is 0 Å². The number of nitrogens with two attached hydrogens (primary N) is 1. The summed E-state index contributed by atoms with van der Waals surface area (Å²) in [4.78, 5) is 13.6. The van der Waals surface area contributed by atoms with E-state index in [-0.39, 0.29) is 17.8 Å². The van der Waals surface area contributed by atoms with Gasteiger partial charge in [0, 0.05) is 6.04 Å². The van der Waals surface area contributed by atoms with Gasteiger partial charge in [-0.15, -0.1) is 21.5 Å². The zero-order valence-corrected chi connectivity index (χ0v) is 15.3. The monoisotopic (exact) mass is 389 g/mol. The van der Waals surface area contributed by atoms with Crippen LogP contribution in [-0.4, -0.2) is 26.8 Å². The Balaban J connectivity index is 1.62. The third-order valence-corrected chi connectivity index (χ3v) is 6.04. The quantitative estimate of drug-likeness (QED) is 0.500. The standard InChI is InChI=1S/C17H16FN5OS2/c18-11-5-3-10(4-6-11)14(16(24)20-12-7-8-12)26-17-22-21-15(23(17)19)13-2-1-9-25-13/h1-6,9,12,14H,7-8,19H2,(H,20,24). The Labute approximate surface area is 157 Å². The minimum Gasteiger partial charge on any atom is -0.352 e. The molecule has 0 aliphatic heterocycles. The maximum atomic E-state index is 13.3. The van der Waals surface area contributed by atoms with Crippen molar-refractivity contribution in [2.45, 2.75) is 29.3 Å². The molecule has 3 aromatic rings. The fourth-order valence-corrected chi connectivity index (χ4v) is 4.12. The van der Waals surface area contributed by atoms with Crippen LogP contribution in [0.5, 0.6) is 0 Å². The van der Waals surface area contributed by atoms with Crippen LogP contribution >= 0.6 is 23.1 Å². The van der Waals surface area contributed by atoms with Gasteiger partial charge < -0.3 is 11.2 Å². The van der Waals surface area contributed by atoms with Crippen LogP contribution in [0.2, 0.25) is 0 Å². The first-order chi connectivity index (χ1) is 12.6. The predicted octanol–water partition coefficient (Wildman–Crippen LogP) is 2.97. The molecule has 1 saturated carbocycles. The Morgan fingerprint density at radius 3 is 2.73 bits per heavy atom. The van der Waals surface area contributed by atoms with Crippen molar-refractivity contribution in [2.24, 2.45) is 0 Å². The van der Waals surface area contributed by atoms with Gasteiger partial charge in [0.05, 0.1) is 4.88 Å². The van der Waals surface area contributed by atoms with Gasteiger partial charge in [0.2, 0.25) is 11.1 Å². The van der Waals surface area contributed by atoms with Crippen LogP contribution in [0.1, 0.15) is 23.7 Å². The number of nitrogens with one attached hydrogen (secondary N) is 1. The van der Waals surface area contributed by atoms with Crippen LogP contribution < -0.4 is 11.2 Å². The van der Waals surface area contributed by atoms with Gasteiger partial charge in [0.25, 0.3) is 0 Å². The highest BCUT2D eigenvalue weighted by atomic mass is 32.2. The minimum atomic E-state index is -0.584. The second-order valence-corrected chi connectivity index (χ2v) is 8.01. The molecule has 1 fully saturated rings. The lowest BCUT2D eigenvalue weighted by molar-refractivity contribution is -0.120. The molecule has 1 aromatic carbocycles. The first kappa shape index (κ1) is 17.0. The van der Waals surface area contributed by atoms with E-state index in [2.05, 4.69) is 15.5 Å². The summed E-state index contributed by atoms with van der Waals surface area (Å²) in [6, 6.07) is 9.95. The van der Waals surface area contributed by atoms with Crippen molar-refractivity contribution in [3.05, 3.63) is 53.2 Å². The van der Waals surface area contributed by atoms with Gasteiger partial charge in [-0.1, -0.05) is 30.0 Å². The van der Waals surface area contributed by atoms with Gasteiger partial charge in [0.15, 0.2) is 5.82 Å². The molecule has 9 heteroatoms. The zero-order chi connectivity index (χ0) is 18.1. The molecule has 1 aliphatic carbocycles. The predicted molar refractivity (Wildman–Crippen MR) is 99.6 cm³/mol. The number of nitrogens with zero attached hydrogens (tertiary/aromatic N) is 3. The zero-order valence-electron chi connectivity index (χ0n) is 13.6. The fourth-order valence-electron chi connectivity index (χ4n) is 2.45. The van der Waals surface area contributed by atoms with Crippen molar-refractivity contribution in [3.63, 3.8) is 0 Å². The number of nitrogen functional groups attached to an aromatic ring is 1. The molecule has 4 rings (SSSR count). The van der Waals surface area contributed by atoms with Crippen molar-refractivity contribution >= 4 is 29.0 Å². The first-order valence-corrected chi connectivity index (χ1v) is 9.84. The van der Waals surface area contributed by atoms with E-state index in [1.165, 1.54) is 39.9 Å². The Hall–Kier alpha value is -2.39. The number of rotatable bonds is 6. The first-order valence-electron chi connectivity index (χ1n) is 8.08. The maximum Gasteiger partial charge on any atom is 0.238 e. The molecule has 0 spiro atoms. The topological polar surface area (TPSA) is 85.8 Å². The second-order valence-electron chi connectivity index (χ2n) is 5.99. The van der Waals surface area contributed by atoms with Gasteiger partial charge >= 0.3 is 0 Å². The van der Waals surface area contributed by atoms with Crippen LogP contribution in [-0.2, 0) is 4.79 Å². The summed E-state index contributed by atoms with van der Waals surface area (Å²) in [6.45, 7) is 0. The Morgan fingerprint density at radius 2 is 2.08 bits per heavy atom. The number of thiophene rings is 1. The molecule has 6 nitrogen and oxygen atoms in total. The van der Waals surface area contributed by atoms with E-state index in [4.69, 9.17) is 5.84 Å². The largest absolute Gasteiger partial charge is 0.352 e. The number of thioether (sulfide) groups is 1. The van der Waals surface area contributed by atoms with E-state index in [0.29, 0.717) is 16.5 Å². The number of hydrogen-bond acceptors (Lipinski definition) is 6. The van der Waals surface area contributed by atoms with Crippen molar-refractivity contribution in [1.82, 2.24) is 20.2 Å². The van der Waals surface area contributed by atoms with Gasteiger partial charge in [-0.3, -0.25) is 4.79 Å². The Bertz CT molecular complexity index is 906. The van der Waals surface area contributed by atoms with Crippen LogP contribution in [0.4, 0.5) is 4.39 Å². The second kappa shape index (κ2) is 7.08. The van der Waals surface area contributed by atoms with E-state index in [1.54, 1.807) is 12.1 Å². The molecule has 1 amide bonds. The molecular weight excluding hydrogens is 373 g/mol. The molecule has 0 bridgehead atoms. The average Bonchev–Trinajstić information content (AvgIpc) is 3.14. The molecule has 0 radical (unpaired) electrons. The van der Waals surface area contributed by atoms with Crippen LogP contribution in [0.3, 0.4) is 0 Å². The summed E-state index contributed by atoms with van der Waals surface area (Å²) >= 11 is 2.71. The number of aromatic nitrogens is 3. The molecule has 134 valence electrons. The molecule has 1 unspecified atom stereocenters. The lowest BCUT2D eigenvalue weighted by atomic mass is 10.1. The molecule has 1 atom stereocenters. The van der Waals surface area contributed by atoms with Gasteiger partial charge in [-0.25, -0.2) is 9.07 Å². The molecule has 1 aliphatic rings. The number of halogens is 1. The number of hydrogen-bond donors (Lipinski definition) is 2. The van der Waals surface area contributed by atoms with E-state index >= 15 is 0 Å². The summed E-state index contributed by atoms with van der Waals surface area (Å²) in [6.07, 6.45) is 1.98. The Kier molecular flexibility index (Phi) is 4.64. The average molecular weight is 389 g/mol. The van der Waals surface area contributed by atoms with E-state index in [9.17, 15) is 9.18 Å². The molecule has 2 heterocycles. The summed E-state index contributed by atoms with van der Waals surface area (Å²) in [7, 11) is 0. The Morgan fingerprint density at radius 1 is 1.31 bits per heavy atom. The van der Waals surface area contributed by atoms with E-state index < -0.39 is 5.25 Å². The van der Waals surface area contributed by atoms with Gasteiger partial charge in [-0.05, 0) is 42.0 Å². The SMILES string of the molecule is Nn1c(SC(C(=O)NC2CC2)c2ccc(F)cc2)nnc1-c1cccs1. The highest BCUT2D eigenvalue weighted by Gasteiger charge is 2.30. The number of amides is 1. The maximum absolute atomic E-state index is 13.3. The summed E-state index contributed by atoms with van der Waals surface area (Å²) in [5.41, 5.74) is 0.690. The summed E-state index contributed by atoms with van der Waals surface area (Å²) in [5, 5.41) is 13.0. The number of benzene rings is 1. The molecular formula is C17H16FN5OS2.